The summed E-state index contributed by atoms with van der Waals surface area (Å²) in [6.07, 6.45) is 1.31. The van der Waals surface area contributed by atoms with Crippen LogP contribution in [0.5, 0.6) is 0 Å². The molecule has 0 radical (unpaired) electrons. The average Bonchev–Trinajstić information content (AvgIpc) is 3.77. The van der Waals surface area contributed by atoms with E-state index in [1.807, 2.05) is 36.4 Å². The molecule has 0 unspecified atom stereocenters. The van der Waals surface area contributed by atoms with Gasteiger partial charge in [0.05, 0.1) is 11.4 Å². The molecule has 1 aliphatic heterocycles. The highest BCUT2D eigenvalue weighted by Gasteiger charge is 2.27. The van der Waals surface area contributed by atoms with E-state index in [0.717, 1.165) is 67.4 Å². The number of nitrogens with zero attached hydrogens (tertiary/aromatic N) is 6. The lowest BCUT2D eigenvalue weighted by Crippen LogP contribution is -2.40. The molecule has 1 aromatic heterocycles. The second-order valence-electron chi connectivity index (χ2n) is 14.9. The number of para-hydroxylation sites is 4. The van der Waals surface area contributed by atoms with Crippen molar-refractivity contribution >= 4 is 62.7 Å². The minimum absolute atomic E-state index is 0.176. The van der Waals surface area contributed by atoms with E-state index < -0.39 is 0 Å². The Labute approximate surface area is 354 Å². The van der Waals surface area contributed by atoms with E-state index in [4.69, 9.17) is 10.2 Å². The van der Waals surface area contributed by atoms with Gasteiger partial charge < -0.3 is 9.80 Å². The van der Waals surface area contributed by atoms with E-state index in [9.17, 15) is 9.59 Å². The Kier molecular flexibility index (Phi) is 9.92. The zero-order valence-electron chi connectivity index (χ0n) is 33.3. The van der Waals surface area contributed by atoms with Crippen LogP contribution in [-0.2, 0) is 9.59 Å². The molecular weight excluding hydrogens is 753 g/mol. The van der Waals surface area contributed by atoms with E-state index >= 15 is 0 Å². The van der Waals surface area contributed by atoms with Gasteiger partial charge in [0.25, 0.3) is 0 Å². The molecule has 0 N–H and O–H groups in total. The fourth-order valence-electron chi connectivity index (χ4n) is 8.13. The topological polar surface area (TPSA) is 74.6 Å². The van der Waals surface area contributed by atoms with E-state index in [2.05, 4.69) is 168 Å². The number of piperidine rings is 1. The van der Waals surface area contributed by atoms with Gasteiger partial charge in [0.1, 0.15) is 11.0 Å². The van der Waals surface area contributed by atoms with Crippen LogP contribution in [0, 0.1) is 0 Å². The summed E-state index contributed by atoms with van der Waals surface area (Å²) in [5.74, 6) is -0.353. The first-order valence-corrected chi connectivity index (χ1v) is 20.5. The first-order valence-electron chi connectivity index (χ1n) is 20.5. The number of fused-ring (bicyclic) bond motifs is 1. The van der Waals surface area contributed by atoms with Crippen molar-refractivity contribution in [1.82, 2.24) is 15.0 Å². The Morgan fingerprint density at radius 2 is 0.689 bits per heavy atom. The number of anilines is 7. The Balaban J connectivity index is 1.06. The van der Waals surface area contributed by atoms with Crippen molar-refractivity contribution < 1.29 is 9.59 Å². The summed E-state index contributed by atoms with van der Waals surface area (Å²) >= 11 is 0. The zero-order chi connectivity index (χ0) is 41.1. The molecule has 8 nitrogen and oxygen atoms in total. The maximum absolute atomic E-state index is 12.7. The van der Waals surface area contributed by atoms with Crippen molar-refractivity contribution in [2.24, 2.45) is 0 Å². The van der Waals surface area contributed by atoms with Crippen LogP contribution in [0.3, 0.4) is 0 Å². The molecule has 1 fully saturated rings. The molecule has 0 saturated carbocycles. The molecular formula is C53H40N6O2. The lowest BCUT2D eigenvalue weighted by molar-refractivity contribution is -0.129. The Morgan fingerprint density at radius 1 is 0.361 bits per heavy atom. The van der Waals surface area contributed by atoms with Crippen molar-refractivity contribution in [1.29, 1.82) is 0 Å². The number of hydrogen-bond acceptors (Lipinski definition) is 6. The maximum Gasteiger partial charge on any atom is 0.233 e. The van der Waals surface area contributed by atoms with E-state index in [1.165, 1.54) is 4.90 Å². The molecule has 2 amide bonds. The molecule has 0 atom stereocenters. The molecule has 1 aliphatic rings. The van der Waals surface area contributed by atoms with Crippen LogP contribution in [0.15, 0.2) is 206 Å². The van der Waals surface area contributed by atoms with E-state index in [0.29, 0.717) is 30.6 Å². The molecule has 10 rings (SSSR count). The summed E-state index contributed by atoms with van der Waals surface area (Å²) in [5.41, 5.74) is 13.0. The zero-order valence-corrected chi connectivity index (χ0v) is 33.3. The Bertz CT molecular complexity index is 2700. The molecule has 294 valence electrons. The number of hydrogen-bond donors (Lipinski definition) is 0. The summed E-state index contributed by atoms with van der Waals surface area (Å²) in [7, 11) is 0. The molecule has 0 spiro atoms. The number of amides is 2. The summed E-state index contributed by atoms with van der Waals surface area (Å²) in [6.45, 7) is 0. The first kappa shape index (κ1) is 37.2. The highest BCUT2D eigenvalue weighted by atomic mass is 16.2. The van der Waals surface area contributed by atoms with Crippen LogP contribution in [0.1, 0.15) is 19.3 Å². The van der Waals surface area contributed by atoms with Crippen molar-refractivity contribution in [3.8, 4) is 27.9 Å². The van der Waals surface area contributed by atoms with Crippen LogP contribution in [0.4, 0.5) is 39.8 Å². The van der Waals surface area contributed by atoms with Crippen LogP contribution in [-0.4, -0.2) is 26.8 Å². The van der Waals surface area contributed by atoms with Crippen LogP contribution in [0.2, 0.25) is 0 Å². The fraction of sp³-hybridized carbons (Fsp3) is 0.0566. The summed E-state index contributed by atoms with van der Waals surface area (Å²) in [5, 5.41) is 10.3. The molecule has 2 heterocycles. The predicted molar refractivity (Wildman–Crippen MR) is 245 cm³/mol. The van der Waals surface area contributed by atoms with Gasteiger partial charge in [0, 0.05) is 58.1 Å². The second kappa shape index (κ2) is 16.3. The van der Waals surface area contributed by atoms with Crippen molar-refractivity contribution in [3.63, 3.8) is 0 Å². The fourth-order valence-corrected chi connectivity index (χ4v) is 8.13. The molecule has 0 aliphatic carbocycles. The van der Waals surface area contributed by atoms with Gasteiger partial charge in [0.15, 0.2) is 0 Å². The lowest BCUT2D eigenvalue weighted by atomic mass is 9.97. The molecule has 8 aromatic carbocycles. The van der Waals surface area contributed by atoms with Crippen molar-refractivity contribution in [2.75, 3.05) is 14.7 Å². The number of aromatic nitrogens is 3. The third kappa shape index (κ3) is 7.32. The molecule has 9 aromatic rings. The number of carbonyl (C=O) groups excluding carboxylic acids is 2. The standard InChI is InChI=1S/C53H40N6O2/c60-50-22-13-23-51(61)58(50)46-32-34-47(35-33-46)59-54-52-48(38-24-28-44(29-25-38)56(40-14-5-1-6-15-40)41-16-7-2-8-17-41)36-37-49(53(52)55-59)39-26-30-45(31-27-39)57(42-18-9-3-10-19-42)43-20-11-4-12-21-43/h1-12,14-21,24-37H,13,22-23H2. The van der Waals surface area contributed by atoms with E-state index in [1.54, 1.807) is 16.9 Å². The second-order valence-corrected chi connectivity index (χ2v) is 14.9. The first-order chi connectivity index (χ1) is 30.1. The van der Waals surface area contributed by atoms with Gasteiger partial charge in [-0.15, -0.1) is 10.2 Å². The smallest absolute Gasteiger partial charge is 0.233 e. The summed E-state index contributed by atoms with van der Waals surface area (Å²) < 4.78 is 0. The minimum Gasteiger partial charge on any atom is -0.311 e. The highest BCUT2D eigenvalue weighted by molar-refractivity contribution is 6.16. The van der Waals surface area contributed by atoms with Crippen LogP contribution >= 0.6 is 0 Å². The average molecular weight is 793 g/mol. The van der Waals surface area contributed by atoms with Gasteiger partial charge in [-0.3, -0.25) is 14.5 Å². The number of carbonyl (C=O) groups is 2. The highest BCUT2D eigenvalue weighted by Crippen LogP contribution is 2.40. The summed E-state index contributed by atoms with van der Waals surface area (Å²) in [4.78, 5) is 32.8. The molecule has 1 saturated heterocycles. The predicted octanol–water partition coefficient (Wildman–Crippen LogP) is 12.7. The maximum atomic E-state index is 12.7. The number of rotatable bonds is 10. The third-order valence-corrected chi connectivity index (χ3v) is 11.1. The van der Waals surface area contributed by atoms with Crippen molar-refractivity contribution in [3.05, 3.63) is 206 Å². The molecule has 8 heteroatoms. The van der Waals surface area contributed by atoms with E-state index in [-0.39, 0.29) is 11.8 Å². The molecule has 61 heavy (non-hydrogen) atoms. The third-order valence-electron chi connectivity index (χ3n) is 11.1. The SMILES string of the molecule is O=C1CCCC(=O)N1c1ccc(-n2nc3c(-c4ccc(N(c5ccccc5)c5ccccc5)cc4)ccc(-c4ccc(N(c5ccccc5)c5ccccc5)cc4)c3n2)cc1. The van der Waals surface area contributed by atoms with Gasteiger partial charge in [-0.2, -0.15) is 4.80 Å². The normalized spacial score (nSPS) is 12.8. The Hall–Kier alpha value is -8.10. The minimum atomic E-state index is -0.176. The largest absolute Gasteiger partial charge is 0.311 e. The van der Waals surface area contributed by atoms with Gasteiger partial charge in [-0.1, -0.05) is 109 Å². The van der Waals surface area contributed by atoms with Crippen LogP contribution in [0.25, 0.3) is 39.0 Å². The quantitative estimate of drug-likeness (QED) is 0.128. The monoisotopic (exact) mass is 792 g/mol. The number of benzene rings is 8. The number of imide groups is 1. The van der Waals surface area contributed by atoms with Crippen molar-refractivity contribution in [2.45, 2.75) is 19.3 Å². The van der Waals surface area contributed by atoms with Gasteiger partial charge in [0.2, 0.25) is 11.8 Å². The summed E-state index contributed by atoms with van der Waals surface area (Å²) in [6, 6.07) is 70.1. The van der Waals surface area contributed by atoms with Gasteiger partial charge in [-0.25, -0.2) is 0 Å². The Morgan fingerprint density at radius 3 is 1.05 bits per heavy atom. The lowest BCUT2D eigenvalue weighted by Gasteiger charge is -2.25. The van der Waals surface area contributed by atoms with Gasteiger partial charge in [-0.05, 0) is 115 Å². The molecule has 0 bridgehead atoms. The van der Waals surface area contributed by atoms with Gasteiger partial charge >= 0.3 is 0 Å². The van der Waals surface area contributed by atoms with Crippen LogP contribution < -0.4 is 14.7 Å².